The van der Waals surface area contributed by atoms with Gasteiger partial charge in [-0.25, -0.2) is 8.42 Å². The van der Waals surface area contributed by atoms with Crippen molar-refractivity contribution in [2.75, 3.05) is 0 Å². The lowest BCUT2D eigenvalue weighted by molar-refractivity contribution is 0.0950. The number of carbonyl (C=O) groups is 1. The van der Waals surface area contributed by atoms with E-state index in [9.17, 15) is 13.2 Å². The molecule has 1 N–H and O–H groups in total. The number of halogens is 1. The molecular formula is C14H13ClN2O3S. The zero-order valence-corrected chi connectivity index (χ0v) is 12.8. The van der Waals surface area contributed by atoms with E-state index in [0.717, 1.165) is 11.3 Å². The molecule has 21 heavy (non-hydrogen) atoms. The molecule has 0 spiro atoms. The summed E-state index contributed by atoms with van der Waals surface area (Å²) in [5, 5.41) is 2.75. The number of benzene rings is 1. The summed E-state index contributed by atoms with van der Waals surface area (Å²) < 4.78 is 22.2. The van der Waals surface area contributed by atoms with Crippen LogP contribution in [-0.2, 0) is 15.6 Å². The van der Waals surface area contributed by atoms with Crippen molar-refractivity contribution >= 4 is 25.6 Å². The summed E-state index contributed by atoms with van der Waals surface area (Å²) in [6, 6.07) is 9.34. The molecule has 0 atom stereocenters. The lowest BCUT2D eigenvalue weighted by atomic mass is 10.2. The van der Waals surface area contributed by atoms with Crippen molar-refractivity contribution in [3.05, 3.63) is 59.4 Å². The first-order chi connectivity index (χ1) is 9.86. The molecule has 7 heteroatoms. The van der Waals surface area contributed by atoms with Crippen molar-refractivity contribution in [2.45, 2.75) is 18.4 Å². The average molecular weight is 325 g/mol. The second kappa shape index (κ2) is 6.24. The smallest absolute Gasteiger partial charge is 0.261 e. The molecule has 0 aliphatic heterocycles. The predicted octanol–water partition coefficient (Wildman–Crippen LogP) is 2.25. The fourth-order valence-electron chi connectivity index (χ4n) is 1.74. The van der Waals surface area contributed by atoms with Gasteiger partial charge in [-0.3, -0.25) is 9.78 Å². The summed E-state index contributed by atoms with van der Waals surface area (Å²) in [5.74, 6) is -0.213. The Hall–Kier alpha value is -1.92. The maximum atomic E-state index is 11.9. The van der Waals surface area contributed by atoms with Crippen LogP contribution in [0.1, 0.15) is 21.6 Å². The van der Waals surface area contributed by atoms with Crippen LogP contribution >= 0.6 is 10.7 Å². The number of nitrogens with one attached hydrogen (secondary N) is 1. The Morgan fingerprint density at radius 1 is 1.24 bits per heavy atom. The number of hydrogen-bond acceptors (Lipinski definition) is 4. The number of aromatic nitrogens is 1. The van der Waals surface area contributed by atoms with Gasteiger partial charge in [-0.15, -0.1) is 0 Å². The molecule has 2 aromatic rings. The fraction of sp³-hybridized carbons (Fsp3) is 0.143. The van der Waals surface area contributed by atoms with Crippen LogP contribution in [0.25, 0.3) is 0 Å². The van der Waals surface area contributed by atoms with E-state index < -0.39 is 9.05 Å². The Labute approximate surface area is 127 Å². The molecule has 0 aliphatic rings. The number of nitrogens with zero attached hydrogens (tertiary/aromatic N) is 1. The third-order valence-electron chi connectivity index (χ3n) is 2.82. The summed E-state index contributed by atoms with van der Waals surface area (Å²) in [7, 11) is 1.51. The van der Waals surface area contributed by atoms with Crippen LogP contribution in [0.3, 0.4) is 0 Å². The zero-order chi connectivity index (χ0) is 15.5. The molecule has 1 amide bonds. The molecule has 0 fully saturated rings. The Bertz CT molecular complexity index is 758. The van der Waals surface area contributed by atoms with Crippen LogP contribution in [0.15, 0.2) is 47.5 Å². The van der Waals surface area contributed by atoms with Crippen molar-refractivity contribution in [2.24, 2.45) is 0 Å². The van der Waals surface area contributed by atoms with Gasteiger partial charge in [-0.2, -0.15) is 0 Å². The summed E-state index contributed by atoms with van der Waals surface area (Å²) in [5.41, 5.74) is 2.07. The Balaban J connectivity index is 2.02. The maximum absolute atomic E-state index is 11.9. The minimum atomic E-state index is -3.72. The number of hydrogen-bond donors (Lipinski definition) is 1. The molecule has 2 rings (SSSR count). The summed E-state index contributed by atoms with van der Waals surface area (Å²) >= 11 is 0. The number of amides is 1. The first-order valence-corrected chi connectivity index (χ1v) is 8.41. The van der Waals surface area contributed by atoms with Crippen LogP contribution in [0, 0.1) is 6.92 Å². The van der Waals surface area contributed by atoms with Gasteiger partial charge >= 0.3 is 0 Å². The number of rotatable bonds is 4. The number of pyridine rings is 1. The van der Waals surface area contributed by atoms with E-state index in [1.165, 1.54) is 12.1 Å². The molecule has 5 nitrogen and oxygen atoms in total. The van der Waals surface area contributed by atoms with E-state index in [1.807, 2.05) is 6.92 Å². The van der Waals surface area contributed by atoms with E-state index in [0.29, 0.717) is 12.1 Å². The lowest BCUT2D eigenvalue weighted by Crippen LogP contribution is -2.22. The highest BCUT2D eigenvalue weighted by molar-refractivity contribution is 8.13. The molecule has 110 valence electrons. The molecule has 0 saturated heterocycles. The van der Waals surface area contributed by atoms with E-state index in [2.05, 4.69) is 10.3 Å². The maximum Gasteiger partial charge on any atom is 0.261 e. The lowest BCUT2D eigenvalue weighted by Gasteiger charge is -2.06. The molecule has 0 radical (unpaired) electrons. The first-order valence-electron chi connectivity index (χ1n) is 6.11. The average Bonchev–Trinajstić information content (AvgIpc) is 2.44. The highest BCUT2D eigenvalue weighted by atomic mass is 35.7. The molecule has 1 aromatic carbocycles. The molecule has 1 heterocycles. The quantitative estimate of drug-likeness (QED) is 0.875. The van der Waals surface area contributed by atoms with Gasteiger partial charge in [0.05, 0.1) is 4.90 Å². The standard InChI is InChI=1S/C14H13ClN2O3S/c1-10-8-12(6-7-16-10)14(18)17-9-11-2-4-13(5-3-11)21(15,19)20/h2-8H,9H2,1H3,(H,17,18). The van der Waals surface area contributed by atoms with Crippen molar-refractivity contribution in [1.82, 2.24) is 10.3 Å². The van der Waals surface area contributed by atoms with E-state index in [4.69, 9.17) is 10.7 Å². The summed E-state index contributed by atoms with van der Waals surface area (Å²) in [4.78, 5) is 16.0. The Morgan fingerprint density at radius 3 is 2.48 bits per heavy atom. The molecular weight excluding hydrogens is 312 g/mol. The SMILES string of the molecule is Cc1cc(C(=O)NCc2ccc(S(=O)(=O)Cl)cc2)ccn1. The van der Waals surface area contributed by atoms with Gasteiger partial charge in [-0.1, -0.05) is 12.1 Å². The Kier molecular flexibility index (Phi) is 4.59. The second-order valence-electron chi connectivity index (χ2n) is 4.45. The normalized spacial score (nSPS) is 11.1. The van der Waals surface area contributed by atoms with Crippen LogP contribution in [0.2, 0.25) is 0 Å². The summed E-state index contributed by atoms with van der Waals surface area (Å²) in [6.07, 6.45) is 1.57. The molecule has 1 aromatic heterocycles. The predicted molar refractivity (Wildman–Crippen MR) is 79.6 cm³/mol. The monoisotopic (exact) mass is 324 g/mol. The molecule has 0 aliphatic carbocycles. The van der Waals surface area contributed by atoms with Gasteiger partial charge in [0, 0.05) is 34.7 Å². The van der Waals surface area contributed by atoms with Gasteiger partial charge in [0.25, 0.3) is 15.0 Å². The van der Waals surface area contributed by atoms with Gasteiger partial charge in [0.1, 0.15) is 0 Å². The highest BCUT2D eigenvalue weighted by Gasteiger charge is 2.09. The van der Waals surface area contributed by atoms with Crippen molar-refractivity contribution in [3.63, 3.8) is 0 Å². The minimum absolute atomic E-state index is 0.0315. The highest BCUT2D eigenvalue weighted by Crippen LogP contribution is 2.15. The number of carbonyl (C=O) groups excluding carboxylic acids is 1. The van der Waals surface area contributed by atoms with Gasteiger partial charge in [0.2, 0.25) is 0 Å². The molecule has 0 unspecified atom stereocenters. The molecule has 0 saturated carbocycles. The minimum Gasteiger partial charge on any atom is -0.348 e. The van der Waals surface area contributed by atoms with Gasteiger partial charge < -0.3 is 5.32 Å². The van der Waals surface area contributed by atoms with Crippen LogP contribution in [0.5, 0.6) is 0 Å². The van der Waals surface area contributed by atoms with E-state index >= 15 is 0 Å². The molecule has 0 bridgehead atoms. The van der Waals surface area contributed by atoms with Gasteiger partial charge in [0.15, 0.2) is 0 Å². The largest absolute Gasteiger partial charge is 0.348 e. The second-order valence-corrected chi connectivity index (χ2v) is 7.02. The zero-order valence-electron chi connectivity index (χ0n) is 11.2. The van der Waals surface area contributed by atoms with Crippen molar-refractivity contribution in [1.29, 1.82) is 0 Å². The first kappa shape index (κ1) is 15.5. The Morgan fingerprint density at radius 2 is 1.90 bits per heavy atom. The van der Waals surface area contributed by atoms with Gasteiger partial charge in [-0.05, 0) is 36.8 Å². The third-order valence-corrected chi connectivity index (χ3v) is 4.19. The number of aryl methyl sites for hydroxylation is 1. The third kappa shape index (κ3) is 4.27. The van der Waals surface area contributed by atoms with Crippen molar-refractivity contribution < 1.29 is 13.2 Å². The van der Waals surface area contributed by atoms with E-state index in [-0.39, 0.29) is 10.8 Å². The summed E-state index contributed by atoms with van der Waals surface area (Å²) in [6.45, 7) is 2.10. The van der Waals surface area contributed by atoms with Crippen LogP contribution in [0.4, 0.5) is 0 Å². The van der Waals surface area contributed by atoms with E-state index in [1.54, 1.807) is 30.5 Å². The van der Waals surface area contributed by atoms with Crippen molar-refractivity contribution in [3.8, 4) is 0 Å². The van der Waals surface area contributed by atoms with Crippen LogP contribution < -0.4 is 5.32 Å². The van der Waals surface area contributed by atoms with Crippen LogP contribution in [-0.4, -0.2) is 19.3 Å². The fourth-order valence-corrected chi connectivity index (χ4v) is 2.51. The topological polar surface area (TPSA) is 76.1 Å².